The first kappa shape index (κ1) is 20.4. The number of amides is 1. The Labute approximate surface area is 148 Å². The molecule has 0 aromatic heterocycles. The third-order valence-corrected chi connectivity index (χ3v) is 4.37. The van der Waals surface area contributed by atoms with Crippen LogP contribution in [0.1, 0.15) is 64.5 Å². The summed E-state index contributed by atoms with van der Waals surface area (Å²) in [4.78, 5) is 17.4. The zero-order valence-corrected chi connectivity index (χ0v) is 16.1. The fraction of sp³-hybridized carbons (Fsp3) is 0.619. The van der Waals surface area contributed by atoms with Crippen LogP contribution in [0.15, 0.2) is 29.3 Å². The molecule has 0 spiro atoms. The van der Waals surface area contributed by atoms with Crippen LogP contribution in [0.3, 0.4) is 0 Å². The molecule has 0 aliphatic heterocycles. The lowest BCUT2D eigenvalue weighted by Gasteiger charge is -2.22. The predicted molar refractivity (Wildman–Crippen MR) is 104 cm³/mol. The topological polar surface area (TPSA) is 32.7 Å². The van der Waals surface area contributed by atoms with Crippen LogP contribution in [0, 0.1) is 0 Å². The van der Waals surface area contributed by atoms with Gasteiger partial charge >= 0.3 is 0 Å². The second-order valence-electron chi connectivity index (χ2n) is 7.61. The molecule has 0 heterocycles. The fourth-order valence-electron chi connectivity index (χ4n) is 2.59. The van der Waals surface area contributed by atoms with Gasteiger partial charge in [0.1, 0.15) is 0 Å². The molecule has 3 heteroatoms. The van der Waals surface area contributed by atoms with Gasteiger partial charge in [-0.1, -0.05) is 71.2 Å². The van der Waals surface area contributed by atoms with Gasteiger partial charge in [0.15, 0.2) is 0 Å². The van der Waals surface area contributed by atoms with Gasteiger partial charge in [0.05, 0.1) is 6.04 Å². The molecule has 24 heavy (non-hydrogen) atoms. The molecule has 0 aliphatic carbocycles. The summed E-state index contributed by atoms with van der Waals surface area (Å²) in [5.74, 6) is 0. The van der Waals surface area contributed by atoms with Crippen LogP contribution >= 0.6 is 0 Å². The zero-order chi connectivity index (χ0) is 18.0. The van der Waals surface area contributed by atoms with Crippen LogP contribution in [-0.2, 0) is 16.6 Å². The quantitative estimate of drug-likeness (QED) is 0.349. The maximum Gasteiger partial charge on any atom is 0.210 e. The van der Waals surface area contributed by atoms with Crippen molar-refractivity contribution in [3.63, 3.8) is 0 Å². The number of benzene rings is 1. The van der Waals surface area contributed by atoms with E-state index in [1.165, 1.54) is 30.4 Å². The molecule has 0 saturated carbocycles. The lowest BCUT2D eigenvalue weighted by Crippen LogP contribution is -2.33. The molecular formula is C21H34N2O. The Bertz CT molecular complexity index is 500. The molecule has 0 N–H and O–H groups in total. The highest BCUT2D eigenvalue weighted by Crippen LogP contribution is 2.22. The number of nitrogens with zero attached hydrogens (tertiary/aromatic N) is 2. The van der Waals surface area contributed by atoms with Crippen molar-refractivity contribution in [2.45, 2.75) is 71.3 Å². The minimum absolute atomic E-state index is 0.0224. The second-order valence-corrected chi connectivity index (χ2v) is 7.61. The van der Waals surface area contributed by atoms with E-state index in [1.54, 1.807) is 4.90 Å². The minimum Gasteiger partial charge on any atom is -0.340 e. The maximum atomic E-state index is 11.2. The largest absolute Gasteiger partial charge is 0.340 e. The summed E-state index contributed by atoms with van der Waals surface area (Å²) in [5.41, 5.74) is 2.73. The molecule has 0 radical (unpaired) electrons. The summed E-state index contributed by atoms with van der Waals surface area (Å²) < 4.78 is 0. The summed E-state index contributed by atoms with van der Waals surface area (Å²) in [6.45, 7) is 9.72. The van der Waals surface area contributed by atoms with Crippen molar-refractivity contribution >= 4 is 12.6 Å². The van der Waals surface area contributed by atoms with E-state index in [1.807, 2.05) is 13.3 Å². The van der Waals surface area contributed by atoms with Crippen LogP contribution in [-0.4, -0.2) is 37.2 Å². The molecule has 0 saturated heterocycles. The van der Waals surface area contributed by atoms with Crippen molar-refractivity contribution in [1.29, 1.82) is 0 Å². The SMILES string of the molecule is CCCCCCN=CC(Cc1ccc(C(C)(C)C)cc1)N(C)C=O. The Kier molecular flexibility index (Phi) is 8.73. The van der Waals surface area contributed by atoms with Gasteiger partial charge in [-0.05, 0) is 29.4 Å². The third-order valence-electron chi connectivity index (χ3n) is 4.37. The number of carbonyl (C=O) groups excluding carboxylic acids is 1. The van der Waals surface area contributed by atoms with Gasteiger partial charge in [-0.3, -0.25) is 9.79 Å². The van der Waals surface area contributed by atoms with Gasteiger partial charge in [0, 0.05) is 19.8 Å². The van der Waals surface area contributed by atoms with Gasteiger partial charge in [0.25, 0.3) is 0 Å². The molecule has 0 aliphatic rings. The average Bonchev–Trinajstić information content (AvgIpc) is 2.55. The fourth-order valence-corrected chi connectivity index (χ4v) is 2.59. The molecule has 1 aromatic carbocycles. The molecule has 0 fully saturated rings. The van der Waals surface area contributed by atoms with Crippen LogP contribution in [0.2, 0.25) is 0 Å². The molecule has 1 amide bonds. The van der Waals surface area contributed by atoms with Crippen molar-refractivity contribution in [2.75, 3.05) is 13.6 Å². The van der Waals surface area contributed by atoms with E-state index in [9.17, 15) is 4.79 Å². The molecule has 0 bridgehead atoms. The van der Waals surface area contributed by atoms with Crippen molar-refractivity contribution in [2.24, 2.45) is 4.99 Å². The van der Waals surface area contributed by atoms with Gasteiger partial charge < -0.3 is 4.90 Å². The van der Waals surface area contributed by atoms with E-state index in [-0.39, 0.29) is 11.5 Å². The van der Waals surface area contributed by atoms with Crippen LogP contribution < -0.4 is 0 Å². The predicted octanol–water partition coefficient (Wildman–Crippen LogP) is 4.63. The molecule has 1 rings (SSSR count). The molecule has 3 nitrogen and oxygen atoms in total. The number of unbranched alkanes of at least 4 members (excludes halogenated alkanes) is 3. The first-order chi connectivity index (χ1) is 11.4. The summed E-state index contributed by atoms with van der Waals surface area (Å²) in [7, 11) is 1.82. The van der Waals surface area contributed by atoms with E-state index in [0.717, 1.165) is 25.8 Å². The lowest BCUT2D eigenvalue weighted by atomic mass is 9.86. The summed E-state index contributed by atoms with van der Waals surface area (Å²) >= 11 is 0. The van der Waals surface area contributed by atoms with Crippen molar-refractivity contribution in [3.8, 4) is 0 Å². The molecule has 1 unspecified atom stereocenters. The second kappa shape index (κ2) is 10.3. The van der Waals surface area contributed by atoms with E-state index in [0.29, 0.717) is 0 Å². The highest BCUT2D eigenvalue weighted by Gasteiger charge is 2.15. The van der Waals surface area contributed by atoms with Crippen LogP contribution in [0.25, 0.3) is 0 Å². The highest BCUT2D eigenvalue weighted by atomic mass is 16.1. The maximum absolute atomic E-state index is 11.2. The summed E-state index contributed by atoms with van der Waals surface area (Å²) in [5, 5.41) is 0. The lowest BCUT2D eigenvalue weighted by molar-refractivity contribution is -0.117. The normalized spacial score (nSPS) is 13.2. The third kappa shape index (κ3) is 7.29. The smallest absolute Gasteiger partial charge is 0.210 e. The van der Waals surface area contributed by atoms with Gasteiger partial charge in [-0.2, -0.15) is 0 Å². The number of likely N-dealkylation sites (N-methyl/N-ethyl adjacent to an activating group) is 1. The summed E-state index contributed by atoms with van der Waals surface area (Å²) in [6, 6.07) is 8.74. The van der Waals surface area contributed by atoms with Crippen molar-refractivity contribution < 1.29 is 4.79 Å². The standard InChI is InChI=1S/C21H34N2O/c1-6-7-8-9-14-22-16-20(23(5)17-24)15-18-10-12-19(13-11-18)21(2,3)4/h10-13,16-17,20H,6-9,14-15H2,1-5H3. The first-order valence-corrected chi connectivity index (χ1v) is 9.15. The van der Waals surface area contributed by atoms with Gasteiger partial charge in [-0.15, -0.1) is 0 Å². The van der Waals surface area contributed by atoms with Crippen LogP contribution in [0.5, 0.6) is 0 Å². The molecule has 134 valence electrons. The number of rotatable bonds is 10. The number of hydrogen-bond donors (Lipinski definition) is 0. The highest BCUT2D eigenvalue weighted by molar-refractivity contribution is 5.69. The average molecular weight is 331 g/mol. The minimum atomic E-state index is 0.0224. The van der Waals surface area contributed by atoms with E-state index in [4.69, 9.17) is 0 Å². The monoisotopic (exact) mass is 330 g/mol. The Hall–Kier alpha value is -1.64. The Balaban J connectivity index is 2.65. The number of hydrogen-bond acceptors (Lipinski definition) is 2. The summed E-state index contributed by atoms with van der Waals surface area (Å²) in [6.07, 6.45) is 8.50. The van der Waals surface area contributed by atoms with Crippen molar-refractivity contribution in [1.82, 2.24) is 4.90 Å². The number of carbonyl (C=O) groups is 1. The molecular weight excluding hydrogens is 296 g/mol. The number of aliphatic imine (C=N–C) groups is 1. The Morgan fingerprint density at radius 1 is 1.12 bits per heavy atom. The van der Waals surface area contributed by atoms with Crippen LogP contribution in [0.4, 0.5) is 0 Å². The molecule has 1 atom stereocenters. The van der Waals surface area contributed by atoms with Gasteiger partial charge in [-0.25, -0.2) is 0 Å². The Morgan fingerprint density at radius 2 is 1.79 bits per heavy atom. The zero-order valence-electron chi connectivity index (χ0n) is 16.1. The van der Waals surface area contributed by atoms with Gasteiger partial charge in [0.2, 0.25) is 6.41 Å². The molecule has 1 aromatic rings. The van der Waals surface area contributed by atoms with E-state index >= 15 is 0 Å². The van der Waals surface area contributed by atoms with Crippen molar-refractivity contribution in [3.05, 3.63) is 35.4 Å². The van der Waals surface area contributed by atoms with E-state index in [2.05, 4.69) is 57.0 Å². The first-order valence-electron chi connectivity index (χ1n) is 9.15. The van der Waals surface area contributed by atoms with E-state index < -0.39 is 0 Å². The Morgan fingerprint density at radius 3 is 2.33 bits per heavy atom.